The molecule has 1 aromatic carbocycles. The molecule has 0 unspecified atom stereocenters. The lowest BCUT2D eigenvalue weighted by atomic mass is 9.69. The molecule has 8 heteroatoms. The van der Waals surface area contributed by atoms with Crippen LogP contribution in [0.1, 0.15) is 50.5 Å². The quantitative estimate of drug-likeness (QED) is 0.266. The number of guanidine groups is 1. The number of halogens is 1. The molecular formula is C25H43IN4O3. The number of aliphatic imine (C=N–C) groups is 1. The first kappa shape index (κ1) is 28.0. The van der Waals surface area contributed by atoms with Crippen molar-refractivity contribution in [1.29, 1.82) is 0 Å². The van der Waals surface area contributed by atoms with Crippen LogP contribution in [0, 0.1) is 0 Å². The van der Waals surface area contributed by atoms with E-state index in [1.165, 1.54) is 37.7 Å². The van der Waals surface area contributed by atoms with Gasteiger partial charge in [0.2, 0.25) is 0 Å². The van der Waals surface area contributed by atoms with Crippen molar-refractivity contribution in [3.63, 3.8) is 0 Å². The zero-order valence-corrected chi connectivity index (χ0v) is 23.2. The van der Waals surface area contributed by atoms with E-state index in [1.54, 1.807) is 21.3 Å². The van der Waals surface area contributed by atoms with Crippen LogP contribution in [-0.4, -0.2) is 78.1 Å². The second kappa shape index (κ2) is 14.2. The molecule has 0 spiro atoms. The van der Waals surface area contributed by atoms with Crippen molar-refractivity contribution in [2.24, 2.45) is 4.99 Å². The van der Waals surface area contributed by atoms with Crippen LogP contribution in [-0.2, 0) is 10.2 Å². The van der Waals surface area contributed by atoms with Crippen LogP contribution in [0.15, 0.2) is 23.2 Å². The molecule has 2 N–H and O–H groups in total. The number of methoxy groups -OCH3 is 3. The summed E-state index contributed by atoms with van der Waals surface area (Å²) in [6, 6.07) is 6.87. The molecule has 0 atom stereocenters. The molecule has 1 heterocycles. The van der Waals surface area contributed by atoms with Crippen molar-refractivity contribution in [2.45, 2.75) is 56.4 Å². The Morgan fingerprint density at radius 3 is 2.36 bits per heavy atom. The summed E-state index contributed by atoms with van der Waals surface area (Å²) in [6.07, 6.45) is 8.42. The first-order chi connectivity index (χ1) is 15.6. The third-order valence-corrected chi connectivity index (χ3v) is 7.16. The van der Waals surface area contributed by atoms with Crippen molar-refractivity contribution in [3.05, 3.63) is 23.8 Å². The van der Waals surface area contributed by atoms with Crippen LogP contribution < -0.4 is 20.1 Å². The summed E-state index contributed by atoms with van der Waals surface area (Å²) in [7, 11) is 7.03. The highest BCUT2D eigenvalue weighted by Gasteiger charge is 2.35. The van der Waals surface area contributed by atoms with Crippen LogP contribution in [0.5, 0.6) is 11.5 Å². The molecule has 0 bridgehead atoms. The number of rotatable bonds is 9. The van der Waals surface area contributed by atoms with Gasteiger partial charge in [0.05, 0.1) is 20.8 Å². The number of piperidine rings is 1. The van der Waals surface area contributed by atoms with Crippen molar-refractivity contribution in [1.82, 2.24) is 15.5 Å². The lowest BCUT2D eigenvalue weighted by Gasteiger charge is -2.39. The van der Waals surface area contributed by atoms with E-state index in [0.717, 1.165) is 63.1 Å². The van der Waals surface area contributed by atoms with E-state index in [4.69, 9.17) is 14.2 Å². The monoisotopic (exact) mass is 574 g/mol. The van der Waals surface area contributed by atoms with Gasteiger partial charge in [0.1, 0.15) is 0 Å². The highest BCUT2D eigenvalue weighted by molar-refractivity contribution is 14.0. The van der Waals surface area contributed by atoms with E-state index >= 15 is 0 Å². The molecule has 1 saturated heterocycles. The third kappa shape index (κ3) is 7.62. The fourth-order valence-electron chi connectivity index (χ4n) is 5.12. The first-order valence-corrected chi connectivity index (χ1v) is 12.0. The van der Waals surface area contributed by atoms with Gasteiger partial charge in [0, 0.05) is 51.8 Å². The van der Waals surface area contributed by atoms with Gasteiger partial charge in [-0.1, -0.05) is 25.3 Å². The molecule has 1 aliphatic carbocycles. The van der Waals surface area contributed by atoms with E-state index in [-0.39, 0.29) is 29.4 Å². The van der Waals surface area contributed by atoms with Crippen molar-refractivity contribution >= 4 is 29.9 Å². The zero-order chi connectivity index (χ0) is 22.8. The number of nitrogens with zero attached hydrogens (tertiary/aromatic N) is 2. The molecular weight excluding hydrogens is 531 g/mol. The molecule has 7 nitrogen and oxygen atoms in total. The number of hydrogen-bond acceptors (Lipinski definition) is 5. The highest BCUT2D eigenvalue weighted by Crippen LogP contribution is 2.42. The van der Waals surface area contributed by atoms with Crippen molar-refractivity contribution in [2.75, 3.05) is 61.2 Å². The maximum Gasteiger partial charge on any atom is 0.191 e. The minimum Gasteiger partial charge on any atom is -0.493 e. The van der Waals surface area contributed by atoms with Gasteiger partial charge in [-0.25, -0.2) is 0 Å². The molecule has 2 fully saturated rings. The Balaban J connectivity index is 0.00000385. The maximum absolute atomic E-state index is 5.60. The minimum absolute atomic E-state index is 0. The molecule has 0 aromatic heterocycles. The average Bonchev–Trinajstić information content (AvgIpc) is 2.86. The Labute approximate surface area is 217 Å². The van der Waals surface area contributed by atoms with Gasteiger partial charge >= 0.3 is 0 Å². The number of ether oxygens (including phenoxy) is 3. The minimum atomic E-state index is 0. The van der Waals surface area contributed by atoms with Crippen LogP contribution in [0.3, 0.4) is 0 Å². The molecule has 2 aliphatic rings. The molecule has 0 radical (unpaired) electrons. The van der Waals surface area contributed by atoms with Gasteiger partial charge in [0.15, 0.2) is 17.5 Å². The van der Waals surface area contributed by atoms with Crippen LogP contribution in [0.2, 0.25) is 0 Å². The Kier molecular flexibility index (Phi) is 12.0. The van der Waals surface area contributed by atoms with E-state index in [2.05, 4.69) is 32.7 Å². The van der Waals surface area contributed by atoms with Gasteiger partial charge in [-0.3, -0.25) is 4.99 Å². The van der Waals surface area contributed by atoms with Crippen LogP contribution >= 0.6 is 24.0 Å². The van der Waals surface area contributed by atoms with Gasteiger partial charge in [-0.05, 0) is 43.4 Å². The Morgan fingerprint density at radius 2 is 1.76 bits per heavy atom. The molecule has 33 heavy (non-hydrogen) atoms. The number of hydrogen-bond donors (Lipinski definition) is 2. The fourth-order valence-corrected chi connectivity index (χ4v) is 5.12. The Bertz CT molecular complexity index is 732. The highest BCUT2D eigenvalue weighted by atomic mass is 127. The Hall–Kier alpha value is -1.26. The molecule has 1 aromatic rings. The van der Waals surface area contributed by atoms with E-state index in [0.29, 0.717) is 6.04 Å². The molecule has 1 saturated carbocycles. The number of nitrogens with one attached hydrogen (secondary N) is 2. The predicted molar refractivity (Wildman–Crippen MR) is 146 cm³/mol. The van der Waals surface area contributed by atoms with Gasteiger partial charge in [-0.2, -0.15) is 0 Å². The summed E-state index contributed by atoms with van der Waals surface area (Å²) in [6.45, 7) is 4.90. The van der Waals surface area contributed by atoms with Gasteiger partial charge < -0.3 is 29.7 Å². The van der Waals surface area contributed by atoms with Crippen LogP contribution in [0.4, 0.5) is 0 Å². The second-order valence-corrected chi connectivity index (χ2v) is 9.09. The average molecular weight is 575 g/mol. The summed E-state index contributed by atoms with van der Waals surface area (Å²) >= 11 is 0. The third-order valence-electron chi connectivity index (χ3n) is 7.16. The molecule has 3 rings (SSSR count). The summed E-state index contributed by atoms with van der Waals surface area (Å²) in [5, 5.41) is 7.34. The first-order valence-electron chi connectivity index (χ1n) is 12.0. The molecule has 0 amide bonds. The van der Waals surface area contributed by atoms with Gasteiger partial charge in [0.25, 0.3) is 0 Å². The zero-order valence-electron chi connectivity index (χ0n) is 20.8. The molecule has 188 valence electrons. The van der Waals surface area contributed by atoms with E-state index < -0.39 is 0 Å². The summed E-state index contributed by atoms with van der Waals surface area (Å²) in [5.41, 5.74) is 1.41. The summed E-state index contributed by atoms with van der Waals surface area (Å²) < 4.78 is 16.3. The van der Waals surface area contributed by atoms with Crippen LogP contribution in [0.25, 0.3) is 0 Å². The Morgan fingerprint density at radius 1 is 1.06 bits per heavy atom. The molecule has 1 aliphatic heterocycles. The largest absolute Gasteiger partial charge is 0.493 e. The van der Waals surface area contributed by atoms with Crippen molar-refractivity contribution in [3.8, 4) is 11.5 Å². The van der Waals surface area contributed by atoms with Crippen molar-refractivity contribution < 1.29 is 14.2 Å². The second-order valence-electron chi connectivity index (χ2n) is 9.09. The van der Waals surface area contributed by atoms with E-state index in [1.807, 2.05) is 13.1 Å². The summed E-state index contributed by atoms with van der Waals surface area (Å²) in [5.74, 6) is 2.49. The topological polar surface area (TPSA) is 67.4 Å². The predicted octanol–water partition coefficient (Wildman–Crippen LogP) is 3.80. The summed E-state index contributed by atoms with van der Waals surface area (Å²) in [4.78, 5) is 7.02. The lowest BCUT2D eigenvalue weighted by molar-refractivity contribution is 0.128. The lowest BCUT2D eigenvalue weighted by Crippen LogP contribution is -2.51. The van der Waals surface area contributed by atoms with Gasteiger partial charge in [-0.15, -0.1) is 24.0 Å². The normalized spacial score (nSPS) is 19.5. The smallest absolute Gasteiger partial charge is 0.191 e. The maximum atomic E-state index is 5.60. The number of benzene rings is 1. The standard InChI is InChI=1S/C25H42N4O3.HI/c1-26-24(28-21-10-14-29(15-11-21)16-17-30-2)27-19-25(12-6-5-7-13-25)20-8-9-22(31-3)23(18-20)32-4;/h8-9,18,21H,5-7,10-17,19H2,1-4H3,(H2,26,27,28);1H. The number of likely N-dealkylation sites (tertiary alicyclic amines) is 1. The SMILES string of the molecule is CN=C(NCC1(c2ccc(OC)c(OC)c2)CCCCC1)NC1CCN(CCOC)CC1.I. The fraction of sp³-hybridized carbons (Fsp3) is 0.720. The van der Waals surface area contributed by atoms with E-state index in [9.17, 15) is 0 Å².